The molecule has 1 aliphatic carbocycles. The van der Waals surface area contributed by atoms with E-state index in [1.165, 1.54) is 0 Å². The van der Waals surface area contributed by atoms with Gasteiger partial charge in [-0.15, -0.1) is 0 Å². The van der Waals surface area contributed by atoms with Gasteiger partial charge in [-0.2, -0.15) is 0 Å². The first kappa shape index (κ1) is 13.4. The van der Waals surface area contributed by atoms with E-state index in [-0.39, 0.29) is 17.2 Å². The second-order valence-electron chi connectivity index (χ2n) is 6.59. The lowest BCUT2D eigenvalue weighted by molar-refractivity contribution is -0.160. The molecule has 2 fully saturated rings. The van der Waals surface area contributed by atoms with E-state index < -0.39 is 11.6 Å². The third-order valence-electron chi connectivity index (χ3n) is 4.34. The predicted molar refractivity (Wildman–Crippen MR) is 70.0 cm³/mol. The molecule has 4 heteroatoms. The summed E-state index contributed by atoms with van der Waals surface area (Å²) in [5.41, 5.74) is -0.784. The van der Waals surface area contributed by atoms with Crippen LogP contribution in [-0.4, -0.2) is 34.8 Å². The van der Waals surface area contributed by atoms with Crippen molar-refractivity contribution in [1.82, 2.24) is 10.2 Å². The van der Waals surface area contributed by atoms with Crippen LogP contribution < -0.4 is 5.32 Å². The summed E-state index contributed by atoms with van der Waals surface area (Å²) in [6.07, 6.45) is 3.71. The Kier molecular flexibility index (Phi) is 3.16. The molecule has 1 unspecified atom stereocenters. The molecule has 1 aliphatic heterocycles. The molecule has 102 valence electrons. The Morgan fingerprint density at radius 3 is 2.28 bits per heavy atom. The van der Waals surface area contributed by atoms with Gasteiger partial charge in [0.15, 0.2) is 0 Å². The average Bonchev–Trinajstić information content (AvgIpc) is 2.73. The molecular formula is C14H24N2O2. The van der Waals surface area contributed by atoms with Crippen LogP contribution in [0.1, 0.15) is 53.4 Å². The molecule has 0 aromatic carbocycles. The van der Waals surface area contributed by atoms with E-state index in [9.17, 15) is 9.59 Å². The van der Waals surface area contributed by atoms with Crippen molar-refractivity contribution in [2.24, 2.45) is 5.41 Å². The molecule has 0 bridgehead atoms. The highest BCUT2D eigenvalue weighted by molar-refractivity contribution is 6.00. The second-order valence-corrected chi connectivity index (χ2v) is 6.59. The zero-order valence-electron chi connectivity index (χ0n) is 11.9. The van der Waals surface area contributed by atoms with Crippen LogP contribution in [0.2, 0.25) is 0 Å². The Hall–Kier alpha value is -1.06. The highest BCUT2D eigenvalue weighted by Gasteiger charge is 2.54. The molecule has 2 rings (SSSR count). The number of carbonyl (C=O) groups excluding carboxylic acids is 2. The van der Waals surface area contributed by atoms with Gasteiger partial charge in [0.25, 0.3) is 0 Å². The molecule has 2 aliphatic rings. The maximum absolute atomic E-state index is 12.6. The van der Waals surface area contributed by atoms with Gasteiger partial charge in [-0.05, 0) is 25.2 Å². The van der Waals surface area contributed by atoms with E-state index in [1.54, 1.807) is 0 Å². The number of piperazine rings is 1. The minimum Gasteiger partial charge on any atom is -0.342 e. The van der Waals surface area contributed by atoms with E-state index in [4.69, 9.17) is 0 Å². The molecule has 1 heterocycles. The summed E-state index contributed by atoms with van der Waals surface area (Å²) >= 11 is 0. The molecule has 18 heavy (non-hydrogen) atoms. The number of likely N-dealkylation sites (N-methyl/N-ethyl adjacent to an activating group) is 1. The van der Waals surface area contributed by atoms with Gasteiger partial charge in [0, 0.05) is 6.54 Å². The molecule has 4 nitrogen and oxygen atoms in total. The summed E-state index contributed by atoms with van der Waals surface area (Å²) in [7, 11) is 0. The number of amides is 2. The van der Waals surface area contributed by atoms with Gasteiger partial charge in [0.2, 0.25) is 11.8 Å². The number of nitrogens with zero attached hydrogens (tertiary/aromatic N) is 1. The quantitative estimate of drug-likeness (QED) is 0.772. The SMILES string of the molecule is CCN1C(=O)C(C(C)(C)C)NC(=O)C12CCCC2. The maximum atomic E-state index is 12.6. The lowest BCUT2D eigenvalue weighted by Crippen LogP contribution is -2.71. The van der Waals surface area contributed by atoms with Crippen molar-refractivity contribution in [2.45, 2.75) is 65.0 Å². The van der Waals surface area contributed by atoms with Gasteiger partial charge < -0.3 is 10.2 Å². The minimum atomic E-state index is -0.548. The molecular weight excluding hydrogens is 228 g/mol. The van der Waals surface area contributed by atoms with Crippen molar-refractivity contribution >= 4 is 11.8 Å². The molecule has 1 saturated carbocycles. The Balaban J connectivity index is 2.35. The van der Waals surface area contributed by atoms with E-state index >= 15 is 0 Å². The van der Waals surface area contributed by atoms with Crippen LogP contribution in [0.15, 0.2) is 0 Å². The zero-order chi connectivity index (χ0) is 13.6. The smallest absolute Gasteiger partial charge is 0.246 e. The highest BCUT2D eigenvalue weighted by Crippen LogP contribution is 2.39. The zero-order valence-corrected chi connectivity index (χ0v) is 11.9. The van der Waals surface area contributed by atoms with Gasteiger partial charge >= 0.3 is 0 Å². The van der Waals surface area contributed by atoms with Crippen LogP contribution in [0.5, 0.6) is 0 Å². The molecule has 1 N–H and O–H groups in total. The number of nitrogens with one attached hydrogen (secondary N) is 1. The number of rotatable bonds is 1. The van der Waals surface area contributed by atoms with Gasteiger partial charge in [-0.25, -0.2) is 0 Å². The minimum absolute atomic E-state index is 0.0568. The Bertz CT molecular complexity index is 364. The van der Waals surface area contributed by atoms with E-state index in [2.05, 4.69) is 5.32 Å². The topological polar surface area (TPSA) is 49.4 Å². The van der Waals surface area contributed by atoms with Crippen LogP contribution in [0, 0.1) is 5.41 Å². The first-order chi connectivity index (χ1) is 8.33. The Morgan fingerprint density at radius 2 is 1.83 bits per heavy atom. The summed E-state index contributed by atoms with van der Waals surface area (Å²) < 4.78 is 0. The molecule has 0 radical (unpaired) electrons. The summed E-state index contributed by atoms with van der Waals surface area (Å²) in [6, 6.07) is -0.392. The fraction of sp³-hybridized carbons (Fsp3) is 0.857. The molecule has 1 spiro atoms. The summed E-state index contributed by atoms with van der Waals surface area (Å²) in [5, 5.41) is 2.97. The molecule has 1 saturated heterocycles. The fourth-order valence-corrected chi connectivity index (χ4v) is 3.32. The lowest BCUT2D eigenvalue weighted by atomic mass is 9.80. The van der Waals surface area contributed by atoms with Crippen molar-refractivity contribution in [3.8, 4) is 0 Å². The van der Waals surface area contributed by atoms with Crippen molar-refractivity contribution in [3.63, 3.8) is 0 Å². The largest absolute Gasteiger partial charge is 0.342 e. The number of hydrogen-bond donors (Lipinski definition) is 1. The van der Waals surface area contributed by atoms with Crippen LogP contribution in [0.4, 0.5) is 0 Å². The predicted octanol–water partition coefficient (Wildman–Crippen LogP) is 1.69. The standard InChI is InChI=1S/C14H24N2O2/c1-5-16-11(17)10(13(2,3)4)15-12(18)14(16)8-6-7-9-14/h10H,5-9H2,1-4H3,(H,15,18). The van der Waals surface area contributed by atoms with Crippen LogP contribution >= 0.6 is 0 Å². The second kappa shape index (κ2) is 4.25. The summed E-state index contributed by atoms with van der Waals surface area (Å²) in [4.78, 5) is 26.9. The summed E-state index contributed by atoms with van der Waals surface area (Å²) in [5.74, 6) is 0.146. The van der Waals surface area contributed by atoms with Crippen molar-refractivity contribution in [2.75, 3.05) is 6.54 Å². The van der Waals surface area contributed by atoms with Crippen molar-refractivity contribution in [3.05, 3.63) is 0 Å². The van der Waals surface area contributed by atoms with Gasteiger partial charge in [0.05, 0.1) is 0 Å². The lowest BCUT2D eigenvalue weighted by Gasteiger charge is -2.48. The highest BCUT2D eigenvalue weighted by atomic mass is 16.2. The van der Waals surface area contributed by atoms with E-state index in [1.807, 2.05) is 32.6 Å². The van der Waals surface area contributed by atoms with E-state index in [0.717, 1.165) is 25.7 Å². The number of carbonyl (C=O) groups is 2. The van der Waals surface area contributed by atoms with E-state index in [0.29, 0.717) is 6.54 Å². The molecule has 0 aromatic rings. The third-order valence-corrected chi connectivity index (χ3v) is 4.34. The molecule has 1 atom stereocenters. The maximum Gasteiger partial charge on any atom is 0.246 e. The van der Waals surface area contributed by atoms with Gasteiger partial charge in [0.1, 0.15) is 11.6 Å². The third kappa shape index (κ3) is 1.82. The van der Waals surface area contributed by atoms with Gasteiger partial charge in [-0.1, -0.05) is 33.6 Å². The van der Waals surface area contributed by atoms with Crippen LogP contribution in [0.3, 0.4) is 0 Å². The average molecular weight is 252 g/mol. The Morgan fingerprint density at radius 1 is 1.28 bits per heavy atom. The van der Waals surface area contributed by atoms with Crippen LogP contribution in [-0.2, 0) is 9.59 Å². The van der Waals surface area contributed by atoms with Crippen molar-refractivity contribution in [1.29, 1.82) is 0 Å². The first-order valence-corrected chi connectivity index (χ1v) is 6.95. The first-order valence-electron chi connectivity index (χ1n) is 6.95. The Labute approximate surface area is 109 Å². The monoisotopic (exact) mass is 252 g/mol. The van der Waals surface area contributed by atoms with Gasteiger partial charge in [-0.3, -0.25) is 9.59 Å². The number of hydrogen-bond acceptors (Lipinski definition) is 2. The van der Waals surface area contributed by atoms with Crippen LogP contribution in [0.25, 0.3) is 0 Å². The summed E-state index contributed by atoms with van der Waals surface area (Å²) in [6.45, 7) is 8.58. The molecule has 2 amide bonds. The molecule has 0 aromatic heterocycles. The normalized spacial score (nSPS) is 27.8. The van der Waals surface area contributed by atoms with Crippen molar-refractivity contribution < 1.29 is 9.59 Å². The fourth-order valence-electron chi connectivity index (χ4n) is 3.32.